The molecule has 2 heterocycles. The van der Waals surface area contributed by atoms with Crippen LogP contribution in [0.1, 0.15) is 36.6 Å². The summed E-state index contributed by atoms with van der Waals surface area (Å²) >= 11 is 6.17. The van der Waals surface area contributed by atoms with Crippen molar-refractivity contribution in [1.82, 2.24) is 15.2 Å². The number of hydrogen-bond donors (Lipinski definition) is 1. The molecular weight excluding hydrogens is 434 g/mol. The quantitative estimate of drug-likeness (QED) is 0.447. The molecule has 1 saturated heterocycles. The monoisotopic (exact) mass is 463 g/mol. The number of carbonyl (C=O) groups excluding carboxylic acids is 1. The van der Waals surface area contributed by atoms with E-state index < -0.39 is 0 Å². The Labute approximate surface area is 200 Å². The molecule has 0 saturated carbocycles. The topological polar surface area (TPSA) is 54.5 Å². The first-order valence-corrected chi connectivity index (χ1v) is 12.0. The first-order valence-electron chi connectivity index (χ1n) is 11.6. The summed E-state index contributed by atoms with van der Waals surface area (Å²) in [6.45, 7) is 2.86. The first-order chi connectivity index (χ1) is 16.2. The summed E-state index contributed by atoms with van der Waals surface area (Å²) in [7, 11) is 0. The molecule has 0 aliphatic carbocycles. The number of ether oxygens (including phenoxy) is 1. The molecule has 0 bridgehead atoms. The van der Waals surface area contributed by atoms with Crippen LogP contribution in [0.25, 0.3) is 0 Å². The van der Waals surface area contributed by atoms with E-state index in [4.69, 9.17) is 16.3 Å². The third-order valence-corrected chi connectivity index (χ3v) is 6.24. The highest BCUT2D eigenvalue weighted by Gasteiger charge is 2.32. The lowest BCUT2D eigenvalue weighted by Gasteiger charge is -2.36. The minimum Gasteiger partial charge on any atom is -0.494 e. The Morgan fingerprint density at radius 2 is 1.76 bits per heavy atom. The second kappa shape index (κ2) is 11.8. The molecular formula is C27H30ClN3O2. The number of nitrogens with one attached hydrogen (secondary N) is 1. The third kappa shape index (κ3) is 6.34. The maximum Gasteiger partial charge on any atom is 0.226 e. The molecule has 6 heteroatoms. The molecule has 3 aromatic rings. The van der Waals surface area contributed by atoms with Gasteiger partial charge in [-0.05, 0) is 74.3 Å². The molecule has 1 aliphatic heterocycles. The Kier molecular flexibility index (Phi) is 8.34. The molecule has 1 fully saturated rings. The van der Waals surface area contributed by atoms with E-state index in [1.54, 1.807) is 6.20 Å². The van der Waals surface area contributed by atoms with E-state index in [-0.39, 0.29) is 17.9 Å². The van der Waals surface area contributed by atoms with Crippen LogP contribution in [0.2, 0.25) is 5.02 Å². The molecule has 1 unspecified atom stereocenters. The molecule has 2 aromatic carbocycles. The Bertz CT molecular complexity index is 993. The molecule has 33 heavy (non-hydrogen) atoms. The predicted octanol–water partition coefficient (Wildman–Crippen LogP) is 5.12. The van der Waals surface area contributed by atoms with Gasteiger partial charge in [0.2, 0.25) is 5.91 Å². The largest absolute Gasteiger partial charge is 0.494 e. The van der Waals surface area contributed by atoms with Gasteiger partial charge in [0, 0.05) is 23.7 Å². The number of aromatic nitrogens is 1. The lowest BCUT2D eigenvalue weighted by Crippen LogP contribution is -2.44. The zero-order valence-corrected chi connectivity index (χ0v) is 19.5. The zero-order valence-electron chi connectivity index (χ0n) is 18.7. The summed E-state index contributed by atoms with van der Waals surface area (Å²) in [5.41, 5.74) is 1.86. The molecule has 0 radical (unpaired) electrons. The molecule has 1 aromatic heterocycles. The van der Waals surface area contributed by atoms with E-state index in [9.17, 15) is 4.79 Å². The fourth-order valence-electron chi connectivity index (χ4n) is 4.30. The molecule has 0 spiro atoms. The van der Waals surface area contributed by atoms with E-state index in [1.807, 2.05) is 77.7 Å². The van der Waals surface area contributed by atoms with Gasteiger partial charge in [0.15, 0.2) is 0 Å². The lowest BCUT2D eigenvalue weighted by molar-refractivity contribution is -0.138. The van der Waals surface area contributed by atoms with Crippen molar-refractivity contribution in [3.8, 4) is 5.75 Å². The first kappa shape index (κ1) is 23.3. The van der Waals surface area contributed by atoms with E-state index >= 15 is 0 Å². The summed E-state index contributed by atoms with van der Waals surface area (Å²) < 4.78 is 5.91. The molecule has 1 N–H and O–H groups in total. The van der Waals surface area contributed by atoms with Crippen molar-refractivity contribution in [3.63, 3.8) is 0 Å². The highest BCUT2D eigenvalue weighted by atomic mass is 35.5. The smallest absolute Gasteiger partial charge is 0.226 e. The maximum atomic E-state index is 13.8. The Balaban J connectivity index is 1.59. The Morgan fingerprint density at radius 3 is 2.45 bits per heavy atom. The van der Waals surface area contributed by atoms with Crippen LogP contribution in [0.5, 0.6) is 5.75 Å². The Morgan fingerprint density at radius 1 is 1.03 bits per heavy atom. The van der Waals surface area contributed by atoms with Gasteiger partial charge in [-0.3, -0.25) is 9.78 Å². The molecule has 1 aliphatic rings. The average molecular weight is 464 g/mol. The van der Waals surface area contributed by atoms with Crippen LogP contribution in [-0.2, 0) is 4.79 Å². The van der Waals surface area contributed by atoms with Crippen molar-refractivity contribution in [2.24, 2.45) is 5.92 Å². The van der Waals surface area contributed by atoms with Crippen molar-refractivity contribution in [1.29, 1.82) is 0 Å². The minimum atomic E-state index is -0.275. The molecule has 1 amide bonds. The van der Waals surface area contributed by atoms with Crippen molar-refractivity contribution < 1.29 is 9.53 Å². The predicted molar refractivity (Wildman–Crippen MR) is 131 cm³/mol. The van der Waals surface area contributed by atoms with Gasteiger partial charge < -0.3 is 15.0 Å². The number of benzene rings is 2. The van der Waals surface area contributed by atoms with Crippen LogP contribution >= 0.6 is 11.6 Å². The number of rotatable bonds is 9. The summed E-state index contributed by atoms with van der Waals surface area (Å²) in [5, 5.41) is 4.03. The maximum absolute atomic E-state index is 13.8. The Hall–Kier alpha value is -2.89. The normalized spacial score (nSPS) is 15.1. The van der Waals surface area contributed by atoms with E-state index in [0.717, 1.165) is 49.4 Å². The minimum absolute atomic E-state index is 0.0137. The van der Waals surface area contributed by atoms with E-state index in [2.05, 4.69) is 10.3 Å². The van der Waals surface area contributed by atoms with E-state index in [0.29, 0.717) is 18.2 Å². The molecule has 5 nitrogen and oxygen atoms in total. The van der Waals surface area contributed by atoms with Crippen molar-refractivity contribution in [2.75, 3.05) is 26.2 Å². The van der Waals surface area contributed by atoms with Gasteiger partial charge in [-0.25, -0.2) is 0 Å². The molecule has 1 atom stereocenters. The van der Waals surface area contributed by atoms with Gasteiger partial charge in [0.1, 0.15) is 5.75 Å². The van der Waals surface area contributed by atoms with Gasteiger partial charge in [-0.15, -0.1) is 0 Å². The number of carbonyl (C=O) groups is 1. The highest BCUT2D eigenvalue weighted by molar-refractivity contribution is 6.30. The zero-order chi connectivity index (χ0) is 22.9. The molecule has 4 rings (SSSR count). The standard InChI is InChI=1S/C27H30ClN3O2/c28-23-12-10-21(11-13-23)26(25-9-4-5-16-30-25)31(27(32)22-14-17-29-18-15-22)19-6-20-33-24-7-2-1-3-8-24/h1-5,7-13,16,22,26,29H,6,14-15,17-20H2. The average Bonchev–Trinajstić information content (AvgIpc) is 2.88. The van der Waals surface area contributed by atoms with E-state index in [1.165, 1.54) is 0 Å². The number of hydrogen-bond acceptors (Lipinski definition) is 4. The third-order valence-electron chi connectivity index (χ3n) is 5.99. The second-order valence-electron chi connectivity index (χ2n) is 8.28. The van der Waals surface area contributed by atoms with Crippen LogP contribution in [0, 0.1) is 5.92 Å². The number of piperidine rings is 1. The second-order valence-corrected chi connectivity index (χ2v) is 8.72. The van der Waals surface area contributed by atoms with Crippen molar-refractivity contribution in [2.45, 2.75) is 25.3 Å². The summed E-state index contributed by atoms with van der Waals surface area (Å²) in [6, 6.07) is 23.1. The summed E-state index contributed by atoms with van der Waals surface area (Å²) in [5.74, 6) is 1.04. The van der Waals surface area contributed by atoms with Gasteiger partial charge in [-0.1, -0.05) is 48.0 Å². The van der Waals surface area contributed by atoms with Gasteiger partial charge in [0.25, 0.3) is 0 Å². The number of nitrogens with zero attached hydrogens (tertiary/aromatic N) is 2. The van der Waals surface area contributed by atoms with Crippen LogP contribution in [0.4, 0.5) is 0 Å². The van der Waals surface area contributed by atoms with Crippen molar-refractivity contribution in [3.05, 3.63) is 95.3 Å². The lowest BCUT2D eigenvalue weighted by atomic mass is 9.93. The number of para-hydroxylation sites is 1. The number of halogens is 1. The van der Waals surface area contributed by atoms with Crippen LogP contribution < -0.4 is 10.1 Å². The fourth-order valence-corrected chi connectivity index (χ4v) is 4.43. The van der Waals surface area contributed by atoms with Gasteiger partial charge in [-0.2, -0.15) is 0 Å². The number of pyridine rings is 1. The highest BCUT2D eigenvalue weighted by Crippen LogP contribution is 2.31. The number of amides is 1. The van der Waals surface area contributed by atoms with Crippen LogP contribution in [0.15, 0.2) is 79.0 Å². The van der Waals surface area contributed by atoms with Gasteiger partial charge in [0.05, 0.1) is 18.3 Å². The van der Waals surface area contributed by atoms with Crippen LogP contribution in [-0.4, -0.2) is 42.0 Å². The summed E-state index contributed by atoms with van der Waals surface area (Å²) in [4.78, 5) is 20.4. The molecule has 172 valence electrons. The fraction of sp³-hybridized carbons (Fsp3) is 0.333. The SMILES string of the molecule is O=C(C1CCNCC1)N(CCCOc1ccccc1)C(c1ccc(Cl)cc1)c1ccccn1. The summed E-state index contributed by atoms with van der Waals surface area (Å²) in [6.07, 6.45) is 4.21. The van der Waals surface area contributed by atoms with Gasteiger partial charge >= 0.3 is 0 Å². The van der Waals surface area contributed by atoms with Crippen LogP contribution in [0.3, 0.4) is 0 Å². The van der Waals surface area contributed by atoms with Crippen molar-refractivity contribution >= 4 is 17.5 Å².